The molecule has 1 heterocycles. The first kappa shape index (κ1) is 14.1. The van der Waals surface area contributed by atoms with Crippen LogP contribution in [0, 0.1) is 0 Å². The minimum Gasteiger partial charge on any atom is -0.326 e. The van der Waals surface area contributed by atoms with E-state index in [4.69, 9.17) is 28.9 Å². The van der Waals surface area contributed by atoms with E-state index in [1.165, 1.54) is 0 Å². The zero-order chi connectivity index (χ0) is 14.8. The predicted molar refractivity (Wildman–Crippen MR) is 86.9 cm³/mol. The molecule has 0 spiro atoms. The van der Waals surface area contributed by atoms with E-state index < -0.39 is 0 Å². The summed E-state index contributed by atoms with van der Waals surface area (Å²) in [4.78, 5) is 0. The highest BCUT2D eigenvalue weighted by Gasteiger charge is 2.11. The molecule has 2 aromatic carbocycles. The predicted octanol–water partition coefficient (Wildman–Crippen LogP) is 4.30. The Morgan fingerprint density at radius 2 is 1.48 bits per heavy atom. The van der Waals surface area contributed by atoms with Crippen molar-refractivity contribution < 1.29 is 0 Å². The summed E-state index contributed by atoms with van der Waals surface area (Å²) >= 11 is 11.8. The van der Waals surface area contributed by atoms with Crippen LogP contribution in [0.1, 0.15) is 5.56 Å². The summed E-state index contributed by atoms with van der Waals surface area (Å²) in [5.74, 6) is 0. The molecule has 2 N–H and O–H groups in total. The largest absolute Gasteiger partial charge is 0.326 e. The van der Waals surface area contributed by atoms with Crippen LogP contribution < -0.4 is 5.73 Å². The number of nitrogens with two attached hydrogens (primary N) is 1. The van der Waals surface area contributed by atoms with Crippen LogP contribution in [-0.2, 0) is 6.54 Å². The quantitative estimate of drug-likeness (QED) is 0.782. The van der Waals surface area contributed by atoms with E-state index in [9.17, 15) is 0 Å². The maximum absolute atomic E-state index is 5.93. The van der Waals surface area contributed by atoms with E-state index >= 15 is 0 Å². The Labute approximate surface area is 132 Å². The third-order valence-corrected chi connectivity index (χ3v) is 3.72. The molecule has 106 valence electrons. The minimum absolute atomic E-state index is 0.422. The van der Waals surface area contributed by atoms with Crippen LogP contribution in [-0.4, -0.2) is 9.78 Å². The number of nitrogens with zero attached hydrogens (tertiary/aromatic N) is 2. The molecule has 3 nitrogen and oxygen atoms in total. The van der Waals surface area contributed by atoms with Crippen LogP contribution in [0.3, 0.4) is 0 Å². The highest BCUT2D eigenvalue weighted by molar-refractivity contribution is 6.30. The minimum atomic E-state index is 0.422. The van der Waals surface area contributed by atoms with Crippen LogP contribution in [0.25, 0.3) is 16.9 Å². The van der Waals surface area contributed by atoms with Crippen molar-refractivity contribution in [3.8, 4) is 16.9 Å². The monoisotopic (exact) mass is 317 g/mol. The van der Waals surface area contributed by atoms with Gasteiger partial charge in [-0.1, -0.05) is 35.3 Å². The number of benzene rings is 2. The molecule has 0 saturated heterocycles. The van der Waals surface area contributed by atoms with Crippen LogP contribution in [0.2, 0.25) is 10.0 Å². The third-order valence-electron chi connectivity index (χ3n) is 3.22. The Morgan fingerprint density at radius 1 is 0.905 bits per heavy atom. The van der Waals surface area contributed by atoms with E-state index in [-0.39, 0.29) is 0 Å². The topological polar surface area (TPSA) is 43.8 Å². The lowest BCUT2D eigenvalue weighted by Gasteiger charge is -2.01. The van der Waals surface area contributed by atoms with Crippen molar-refractivity contribution in [3.05, 3.63) is 70.3 Å². The van der Waals surface area contributed by atoms with Crippen molar-refractivity contribution in [2.24, 2.45) is 5.73 Å². The molecule has 0 atom stereocenters. The number of halogens is 2. The lowest BCUT2D eigenvalue weighted by atomic mass is 10.1. The molecule has 0 unspecified atom stereocenters. The zero-order valence-corrected chi connectivity index (χ0v) is 12.6. The molecule has 0 bridgehead atoms. The second-order valence-electron chi connectivity index (χ2n) is 4.63. The first-order valence-electron chi connectivity index (χ1n) is 6.48. The summed E-state index contributed by atoms with van der Waals surface area (Å²) < 4.78 is 1.81. The summed E-state index contributed by atoms with van der Waals surface area (Å²) in [6, 6.07) is 15.1. The molecule has 3 rings (SSSR count). The molecular weight excluding hydrogens is 305 g/mol. The average Bonchev–Trinajstić information content (AvgIpc) is 2.93. The zero-order valence-electron chi connectivity index (χ0n) is 11.1. The number of hydrogen-bond donors (Lipinski definition) is 1. The van der Waals surface area contributed by atoms with E-state index in [1.54, 1.807) is 0 Å². The SMILES string of the molecule is NCc1cn(-c2ccc(Cl)cc2)nc1-c1ccc(Cl)cc1. The molecule has 0 radical (unpaired) electrons. The van der Waals surface area contributed by atoms with Crippen LogP contribution in [0.15, 0.2) is 54.7 Å². The number of aromatic nitrogens is 2. The fourth-order valence-corrected chi connectivity index (χ4v) is 2.39. The summed E-state index contributed by atoms with van der Waals surface area (Å²) in [6.45, 7) is 0.422. The van der Waals surface area contributed by atoms with Gasteiger partial charge in [0.2, 0.25) is 0 Å². The van der Waals surface area contributed by atoms with Gasteiger partial charge in [-0.2, -0.15) is 5.10 Å². The molecule has 0 aliphatic rings. The first-order valence-corrected chi connectivity index (χ1v) is 7.23. The highest BCUT2D eigenvalue weighted by atomic mass is 35.5. The second kappa shape index (κ2) is 5.90. The van der Waals surface area contributed by atoms with Gasteiger partial charge in [-0.05, 0) is 36.4 Å². The van der Waals surface area contributed by atoms with Gasteiger partial charge >= 0.3 is 0 Å². The standard InChI is InChI=1S/C16H13Cl2N3/c17-13-3-1-11(2-4-13)16-12(9-19)10-21(20-16)15-7-5-14(18)6-8-15/h1-8,10H,9,19H2. The van der Waals surface area contributed by atoms with Gasteiger partial charge in [0.15, 0.2) is 0 Å². The number of hydrogen-bond acceptors (Lipinski definition) is 2. The molecule has 0 fully saturated rings. The Kier molecular flexibility index (Phi) is 3.97. The molecular formula is C16H13Cl2N3. The summed E-state index contributed by atoms with van der Waals surface area (Å²) in [5.41, 5.74) is 9.61. The van der Waals surface area contributed by atoms with Gasteiger partial charge in [0.25, 0.3) is 0 Å². The maximum atomic E-state index is 5.93. The first-order chi connectivity index (χ1) is 10.2. The molecule has 3 aromatic rings. The molecule has 5 heteroatoms. The maximum Gasteiger partial charge on any atom is 0.0972 e. The Hall–Kier alpha value is -1.81. The Morgan fingerprint density at radius 3 is 2.05 bits per heavy atom. The number of rotatable bonds is 3. The van der Waals surface area contributed by atoms with E-state index in [0.717, 1.165) is 22.5 Å². The van der Waals surface area contributed by atoms with Gasteiger partial charge in [-0.3, -0.25) is 0 Å². The molecule has 0 aliphatic heterocycles. The average molecular weight is 318 g/mol. The molecule has 1 aromatic heterocycles. The molecule has 0 aliphatic carbocycles. The van der Waals surface area contributed by atoms with Crippen molar-refractivity contribution in [2.45, 2.75) is 6.54 Å². The Balaban J connectivity index is 2.05. The van der Waals surface area contributed by atoms with Gasteiger partial charge < -0.3 is 5.73 Å². The van der Waals surface area contributed by atoms with Crippen molar-refractivity contribution >= 4 is 23.2 Å². The van der Waals surface area contributed by atoms with Gasteiger partial charge in [0.05, 0.1) is 11.4 Å². The van der Waals surface area contributed by atoms with Gasteiger partial charge in [-0.25, -0.2) is 4.68 Å². The van der Waals surface area contributed by atoms with Crippen molar-refractivity contribution in [1.29, 1.82) is 0 Å². The lowest BCUT2D eigenvalue weighted by Crippen LogP contribution is -1.96. The lowest BCUT2D eigenvalue weighted by molar-refractivity contribution is 0.883. The van der Waals surface area contributed by atoms with E-state index in [1.807, 2.05) is 59.4 Å². The highest BCUT2D eigenvalue weighted by Crippen LogP contribution is 2.25. The van der Waals surface area contributed by atoms with Crippen molar-refractivity contribution in [1.82, 2.24) is 9.78 Å². The normalized spacial score (nSPS) is 10.8. The second-order valence-corrected chi connectivity index (χ2v) is 5.51. The van der Waals surface area contributed by atoms with Crippen LogP contribution in [0.4, 0.5) is 0 Å². The molecule has 21 heavy (non-hydrogen) atoms. The fourth-order valence-electron chi connectivity index (χ4n) is 2.14. The van der Waals surface area contributed by atoms with Gasteiger partial charge in [-0.15, -0.1) is 0 Å². The van der Waals surface area contributed by atoms with Gasteiger partial charge in [0.1, 0.15) is 0 Å². The van der Waals surface area contributed by atoms with Crippen molar-refractivity contribution in [3.63, 3.8) is 0 Å². The fraction of sp³-hybridized carbons (Fsp3) is 0.0625. The summed E-state index contributed by atoms with van der Waals surface area (Å²) in [7, 11) is 0. The molecule has 0 saturated carbocycles. The van der Waals surface area contributed by atoms with Crippen LogP contribution in [0.5, 0.6) is 0 Å². The van der Waals surface area contributed by atoms with Gasteiger partial charge in [0, 0.05) is 33.9 Å². The molecule has 0 amide bonds. The Bertz CT molecular complexity index is 746. The summed E-state index contributed by atoms with van der Waals surface area (Å²) in [6.07, 6.45) is 1.94. The smallest absolute Gasteiger partial charge is 0.0972 e. The van der Waals surface area contributed by atoms with E-state index in [2.05, 4.69) is 5.10 Å². The van der Waals surface area contributed by atoms with E-state index in [0.29, 0.717) is 16.6 Å². The summed E-state index contributed by atoms with van der Waals surface area (Å²) in [5, 5.41) is 6.03. The van der Waals surface area contributed by atoms with Crippen LogP contribution >= 0.6 is 23.2 Å². The van der Waals surface area contributed by atoms with Crippen molar-refractivity contribution in [2.75, 3.05) is 0 Å². The third kappa shape index (κ3) is 2.95.